The molecule has 0 spiro atoms. The molecule has 1 aliphatic carbocycles. The first-order valence-corrected chi connectivity index (χ1v) is 8.90. The Morgan fingerprint density at radius 2 is 2.09 bits per heavy atom. The van der Waals surface area contributed by atoms with E-state index in [9.17, 15) is 10.1 Å². The molecule has 0 saturated heterocycles. The topological polar surface area (TPSA) is 56.1 Å². The molecule has 22 heavy (non-hydrogen) atoms. The lowest BCUT2D eigenvalue weighted by Gasteiger charge is -2.27. The molecule has 0 aromatic heterocycles. The Morgan fingerprint density at radius 1 is 1.32 bits per heavy atom. The van der Waals surface area contributed by atoms with Gasteiger partial charge in [-0.05, 0) is 50.0 Å². The number of hydrogen-bond donors (Lipinski definition) is 1. The summed E-state index contributed by atoms with van der Waals surface area (Å²) in [5.74, 6) is 1.04. The van der Waals surface area contributed by atoms with Crippen molar-refractivity contribution in [1.29, 1.82) is 5.26 Å². The zero-order valence-electron chi connectivity index (χ0n) is 12.7. The van der Waals surface area contributed by atoms with E-state index in [4.69, 9.17) is 0 Å². The largest absolute Gasteiger partial charge is 0.361 e. The SMILES string of the molecule is N#CC1(NC(=O)CN2CCCSc3ccccc32)CCCC1. The summed E-state index contributed by atoms with van der Waals surface area (Å²) in [7, 11) is 0. The summed E-state index contributed by atoms with van der Waals surface area (Å²) in [6.07, 6.45) is 4.67. The molecule has 0 atom stereocenters. The van der Waals surface area contributed by atoms with Crippen LogP contribution in [0.1, 0.15) is 32.1 Å². The van der Waals surface area contributed by atoms with E-state index >= 15 is 0 Å². The fraction of sp³-hybridized carbons (Fsp3) is 0.529. The monoisotopic (exact) mass is 315 g/mol. The Kier molecular flexibility index (Phi) is 4.58. The highest BCUT2D eigenvalue weighted by molar-refractivity contribution is 7.99. The van der Waals surface area contributed by atoms with Crippen LogP contribution in [-0.2, 0) is 4.79 Å². The third kappa shape index (κ3) is 3.22. The molecule has 1 amide bonds. The lowest BCUT2D eigenvalue weighted by atomic mass is 10.00. The van der Waals surface area contributed by atoms with E-state index in [1.54, 1.807) is 0 Å². The van der Waals surface area contributed by atoms with Gasteiger partial charge < -0.3 is 10.2 Å². The maximum Gasteiger partial charge on any atom is 0.240 e. The van der Waals surface area contributed by atoms with Gasteiger partial charge in [-0.15, -0.1) is 11.8 Å². The van der Waals surface area contributed by atoms with Crippen LogP contribution in [0.4, 0.5) is 5.69 Å². The fourth-order valence-corrected chi connectivity index (χ4v) is 4.30. The van der Waals surface area contributed by atoms with Crippen molar-refractivity contribution in [3.63, 3.8) is 0 Å². The van der Waals surface area contributed by atoms with Crippen molar-refractivity contribution < 1.29 is 4.79 Å². The summed E-state index contributed by atoms with van der Waals surface area (Å²) < 4.78 is 0. The number of nitrogens with zero attached hydrogens (tertiary/aromatic N) is 2. The lowest BCUT2D eigenvalue weighted by molar-refractivity contribution is -0.121. The molecule has 116 valence electrons. The molecule has 1 fully saturated rings. The number of benzene rings is 1. The lowest BCUT2D eigenvalue weighted by Crippen LogP contribution is -2.49. The molecule has 1 saturated carbocycles. The van der Waals surface area contributed by atoms with Gasteiger partial charge in [-0.1, -0.05) is 12.1 Å². The second-order valence-corrected chi connectivity index (χ2v) is 7.18. The molecule has 1 heterocycles. The number of carbonyl (C=O) groups is 1. The van der Waals surface area contributed by atoms with Gasteiger partial charge in [0.2, 0.25) is 5.91 Å². The minimum absolute atomic E-state index is 0.0369. The molecule has 1 aromatic carbocycles. The molecule has 2 aliphatic rings. The Balaban J connectivity index is 1.70. The summed E-state index contributed by atoms with van der Waals surface area (Å²) in [5, 5.41) is 12.4. The Hall–Kier alpha value is -1.67. The van der Waals surface area contributed by atoms with Crippen LogP contribution in [0, 0.1) is 11.3 Å². The Bertz CT molecular complexity index is 590. The van der Waals surface area contributed by atoms with Crippen molar-refractivity contribution in [3.8, 4) is 6.07 Å². The second-order valence-electron chi connectivity index (χ2n) is 6.04. The highest BCUT2D eigenvalue weighted by Gasteiger charge is 2.35. The third-order valence-electron chi connectivity index (χ3n) is 4.42. The molecular formula is C17H21N3OS. The number of thioether (sulfide) groups is 1. The number of fused-ring (bicyclic) bond motifs is 1. The van der Waals surface area contributed by atoms with Crippen LogP contribution < -0.4 is 10.2 Å². The van der Waals surface area contributed by atoms with E-state index in [1.165, 1.54) is 4.90 Å². The zero-order valence-corrected chi connectivity index (χ0v) is 13.5. The smallest absolute Gasteiger partial charge is 0.240 e. The summed E-state index contributed by atoms with van der Waals surface area (Å²) >= 11 is 1.85. The van der Waals surface area contributed by atoms with E-state index in [-0.39, 0.29) is 5.91 Å². The van der Waals surface area contributed by atoms with Gasteiger partial charge in [-0.3, -0.25) is 4.79 Å². The molecule has 0 bridgehead atoms. The Morgan fingerprint density at radius 3 is 2.86 bits per heavy atom. The van der Waals surface area contributed by atoms with Crippen LogP contribution in [0.25, 0.3) is 0 Å². The van der Waals surface area contributed by atoms with E-state index in [1.807, 2.05) is 23.9 Å². The van der Waals surface area contributed by atoms with Crippen LogP contribution in [-0.4, -0.2) is 30.3 Å². The molecule has 1 aromatic rings. The molecule has 0 radical (unpaired) electrons. The first-order chi connectivity index (χ1) is 10.7. The van der Waals surface area contributed by atoms with Gasteiger partial charge >= 0.3 is 0 Å². The number of rotatable bonds is 3. The van der Waals surface area contributed by atoms with Crippen molar-refractivity contribution in [2.75, 3.05) is 23.7 Å². The maximum atomic E-state index is 12.4. The average molecular weight is 315 g/mol. The summed E-state index contributed by atoms with van der Waals surface area (Å²) in [4.78, 5) is 15.8. The Labute approximate surface area is 135 Å². The quantitative estimate of drug-likeness (QED) is 0.932. The van der Waals surface area contributed by atoms with E-state index < -0.39 is 5.54 Å². The normalized spacial score (nSPS) is 19.9. The minimum atomic E-state index is -0.628. The van der Waals surface area contributed by atoms with Gasteiger partial charge in [-0.25, -0.2) is 0 Å². The standard InChI is InChI=1S/C17H21N3OS/c18-13-17(8-3-4-9-17)19-16(21)12-20-10-5-11-22-15-7-2-1-6-14(15)20/h1-2,6-7H,3-5,8-12H2,(H,19,21). The van der Waals surface area contributed by atoms with Crippen molar-refractivity contribution >= 4 is 23.4 Å². The number of anilines is 1. The molecular weight excluding hydrogens is 294 g/mol. The van der Waals surface area contributed by atoms with E-state index in [0.717, 1.165) is 50.1 Å². The van der Waals surface area contributed by atoms with E-state index in [2.05, 4.69) is 28.4 Å². The first-order valence-electron chi connectivity index (χ1n) is 7.91. The number of hydrogen-bond acceptors (Lipinski definition) is 4. The van der Waals surface area contributed by atoms with Gasteiger partial charge in [-0.2, -0.15) is 5.26 Å². The van der Waals surface area contributed by atoms with Gasteiger partial charge in [0, 0.05) is 11.4 Å². The van der Waals surface area contributed by atoms with Crippen LogP contribution in [0.2, 0.25) is 0 Å². The molecule has 4 nitrogen and oxygen atoms in total. The number of nitrogens with one attached hydrogen (secondary N) is 1. The number of carbonyl (C=O) groups excluding carboxylic acids is 1. The molecule has 3 rings (SSSR count). The van der Waals surface area contributed by atoms with Gasteiger partial charge in [0.25, 0.3) is 0 Å². The van der Waals surface area contributed by atoms with Crippen LogP contribution in [0.15, 0.2) is 29.2 Å². The van der Waals surface area contributed by atoms with Gasteiger partial charge in [0.1, 0.15) is 5.54 Å². The number of amides is 1. The van der Waals surface area contributed by atoms with Crippen LogP contribution in [0.5, 0.6) is 0 Å². The summed E-state index contributed by atoms with van der Waals surface area (Å²) in [5.41, 5.74) is 0.509. The maximum absolute atomic E-state index is 12.4. The van der Waals surface area contributed by atoms with Crippen LogP contribution >= 0.6 is 11.8 Å². The average Bonchev–Trinajstić information content (AvgIpc) is 2.90. The highest BCUT2D eigenvalue weighted by Crippen LogP contribution is 2.33. The molecule has 1 aliphatic heterocycles. The van der Waals surface area contributed by atoms with Gasteiger partial charge in [0.15, 0.2) is 0 Å². The predicted octanol–water partition coefficient (Wildman–Crippen LogP) is 2.94. The minimum Gasteiger partial charge on any atom is -0.361 e. The third-order valence-corrected chi connectivity index (χ3v) is 5.57. The highest BCUT2D eigenvalue weighted by atomic mass is 32.2. The predicted molar refractivity (Wildman–Crippen MR) is 89.0 cm³/mol. The van der Waals surface area contributed by atoms with Crippen molar-refractivity contribution in [2.24, 2.45) is 0 Å². The van der Waals surface area contributed by atoms with Crippen molar-refractivity contribution in [2.45, 2.75) is 42.5 Å². The first kappa shape index (κ1) is 15.2. The van der Waals surface area contributed by atoms with E-state index in [0.29, 0.717) is 6.54 Å². The second kappa shape index (κ2) is 6.62. The number of nitriles is 1. The van der Waals surface area contributed by atoms with Crippen molar-refractivity contribution in [1.82, 2.24) is 5.32 Å². The van der Waals surface area contributed by atoms with Crippen LogP contribution in [0.3, 0.4) is 0 Å². The summed E-state index contributed by atoms with van der Waals surface area (Å²) in [6.45, 7) is 1.22. The van der Waals surface area contributed by atoms with Gasteiger partial charge in [0.05, 0.1) is 18.3 Å². The van der Waals surface area contributed by atoms with Crippen molar-refractivity contribution in [3.05, 3.63) is 24.3 Å². The molecule has 1 N–H and O–H groups in total. The zero-order chi connectivity index (χ0) is 15.4. The molecule has 0 unspecified atom stereocenters. The molecule has 5 heteroatoms. The fourth-order valence-electron chi connectivity index (χ4n) is 3.29. The summed E-state index contributed by atoms with van der Waals surface area (Å²) in [6, 6.07) is 10.6. The number of para-hydroxylation sites is 1.